The van der Waals surface area contributed by atoms with E-state index in [0.717, 1.165) is 35.9 Å². The van der Waals surface area contributed by atoms with Gasteiger partial charge in [0.2, 0.25) is 0 Å². The first-order valence-corrected chi connectivity index (χ1v) is 6.98. The summed E-state index contributed by atoms with van der Waals surface area (Å²) in [7, 11) is 0. The Morgan fingerprint density at radius 3 is 2.78 bits per heavy atom. The van der Waals surface area contributed by atoms with Crippen molar-refractivity contribution in [2.75, 3.05) is 37.2 Å². The van der Waals surface area contributed by atoms with Crippen LogP contribution in [-0.2, 0) is 0 Å². The highest BCUT2D eigenvalue weighted by Crippen LogP contribution is 2.21. The first-order valence-electron chi connectivity index (χ1n) is 6.98. The molecule has 3 nitrogen and oxygen atoms in total. The Balaban J connectivity index is 1.77. The van der Waals surface area contributed by atoms with Gasteiger partial charge in [-0.1, -0.05) is 19.1 Å². The summed E-state index contributed by atoms with van der Waals surface area (Å²) in [5.74, 6) is 0.904. The van der Waals surface area contributed by atoms with Crippen LogP contribution < -0.4 is 11.1 Å². The largest absolute Gasteiger partial charge is 0.397 e. The van der Waals surface area contributed by atoms with Gasteiger partial charge in [0.1, 0.15) is 0 Å². The SMILES string of the molecule is Cc1cccc(NCCN2CCC(C)CC2)c1N. The summed E-state index contributed by atoms with van der Waals surface area (Å²) in [6, 6.07) is 6.16. The number of hydrogen-bond acceptors (Lipinski definition) is 3. The molecule has 0 radical (unpaired) electrons. The number of aryl methyl sites for hydroxylation is 1. The minimum Gasteiger partial charge on any atom is -0.397 e. The summed E-state index contributed by atoms with van der Waals surface area (Å²) in [6.45, 7) is 8.97. The van der Waals surface area contributed by atoms with Crippen molar-refractivity contribution in [3.05, 3.63) is 23.8 Å². The van der Waals surface area contributed by atoms with Crippen LogP contribution in [0, 0.1) is 12.8 Å². The van der Waals surface area contributed by atoms with Crippen molar-refractivity contribution >= 4 is 11.4 Å². The maximum absolute atomic E-state index is 6.04. The molecule has 0 aromatic heterocycles. The van der Waals surface area contributed by atoms with Crippen LogP contribution in [0.15, 0.2) is 18.2 Å². The topological polar surface area (TPSA) is 41.3 Å². The summed E-state index contributed by atoms with van der Waals surface area (Å²) in [6.07, 6.45) is 2.68. The van der Waals surface area contributed by atoms with Gasteiger partial charge in [0.05, 0.1) is 11.4 Å². The van der Waals surface area contributed by atoms with Crippen molar-refractivity contribution in [2.24, 2.45) is 5.92 Å². The summed E-state index contributed by atoms with van der Waals surface area (Å²) in [5, 5.41) is 3.45. The molecule has 0 atom stereocenters. The molecule has 0 spiro atoms. The summed E-state index contributed by atoms with van der Waals surface area (Å²) < 4.78 is 0. The normalized spacial score (nSPS) is 17.9. The molecule has 1 heterocycles. The Kier molecular flexibility index (Phi) is 4.48. The van der Waals surface area contributed by atoms with Crippen LogP contribution in [0.3, 0.4) is 0 Å². The average Bonchev–Trinajstić information content (AvgIpc) is 2.37. The Morgan fingerprint density at radius 1 is 1.33 bits per heavy atom. The molecular formula is C15H25N3. The van der Waals surface area contributed by atoms with Crippen LogP contribution in [-0.4, -0.2) is 31.1 Å². The van der Waals surface area contributed by atoms with Gasteiger partial charge in [-0.05, 0) is 50.4 Å². The Morgan fingerprint density at radius 2 is 2.06 bits per heavy atom. The first kappa shape index (κ1) is 13.2. The summed E-state index contributed by atoms with van der Waals surface area (Å²) >= 11 is 0. The van der Waals surface area contributed by atoms with Gasteiger partial charge < -0.3 is 16.0 Å². The van der Waals surface area contributed by atoms with Crippen LogP contribution in [0.25, 0.3) is 0 Å². The highest BCUT2D eigenvalue weighted by atomic mass is 15.1. The molecule has 0 unspecified atom stereocenters. The van der Waals surface area contributed by atoms with E-state index in [-0.39, 0.29) is 0 Å². The molecule has 18 heavy (non-hydrogen) atoms. The van der Waals surface area contributed by atoms with Gasteiger partial charge in [-0.15, -0.1) is 0 Å². The van der Waals surface area contributed by atoms with Crippen LogP contribution in [0.4, 0.5) is 11.4 Å². The van der Waals surface area contributed by atoms with Crippen molar-refractivity contribution in [2.45, 2.75) is 26.7 Å². The number of anilines is 2. The minimum atomic E-state index is 0.879. The molecule has 100 valence electrons. The molecular weight excluding hydrogens is 222 g/mol. The fourth-order valence-electron chi connectivity index (χ4n) is 2.47. The number of nitrogens with one attached hydrogen (secondary N) is 1. The second-order valence-electron chi connectivity index (χ2n) is 5.49. The molecule has 0 bridgehead atoms. The highest BCUT2D eigenvalue weighted by Gasteiger charge is 2.14. The standard InChI is InChI=1S/C15H25N3/c1-12-6-9-18(10-7-12)11-8-17-14-5-3-4-13(2)15(14)16/h3-5,12,17H,6-11,16H2,1-2H3. The Labute approximate surface area is 110 Å². The van der Waals surface area contributed by atoms with Gasteiger partial charge in [-0.3, -0.25) is 0 Å². The maximum atomic E-state index is 6.04. The monoisotopic (exact) mass is 247 g/mol. The Bertz CT molecular complexity index is 381. The second kappa shape index (κ2) is 6.10. The Hall–Kier alpha value is -1.22. The molecule has 0 saturated carbocycles. The smallest absolute Gasteiger partial charge is 0.0579 e. The molecule has 3 N–H and O–H groups in total. The van der Waals surface area contributed by atoms with E-state index >= 15 is 0 Å². The third-order valence-electron chi connectivity index (χ3n) is 3.94. The van der Waals surface area contributed by atoms with Gasteiger partial charge in [-0.25, -0.2) is 0 Å². The molecule has 1 aliphatic heterocycles. The van der Waals surface area contributed by atoms with E-state index in [1.54, 1.807) is 0 Å². The molecule has 1 aliphatic rings. The lowest BCUT2D eigenvalue weighted by molar-refractivity contribution is 0.199. The zero-order valence-electron chi connectivity index (χ0n) is 11.6. The fraction of sp³-hybridized carbons (Fsp3) is 0.600. The summed E-state index contributed by atoms with van der Waals surface area (Å²) in [4.78, 5) is 2.54. The van der Waals surface area contributed by atoms with Gasteiger partial charge >= 0.3 is 0 Å². The maximum Gasteiger partial charge on any atom is 0.0579 e. The minimum absolute atomic E-state index is 0.879. The number of likely N-dealkylation sites (tertiary alicyclic amines) is 1. The highest BCUT2D eigenvalue weighted by molar-refractivity contribution is 5.69. The van der Waals surface area contributed by atoms with E-state index in [4.69, 9.17) is 5.73 Å². The van der Waals surface area contributed by atoms with Crippen molar-refractivity contribution in [3.8, 4) is 0 Å². The van der Waals surface area contributed by atoms with Gasteiger partial charge in [0.25, 0.3) is 0 Å². The molecule has 2 rings (SSSR count). The second-order valence-corrected chi connectivity index (χ2v) is 5.49. The quantitative estimate of drug-likeness (QED) is 0.804. The lowest BCUT2D eigenvalue weighted by Crippen LogP contribution is -2.36. The predicted molar refractivity (Wildman–Crippen MR) is 78.9 cm³/mol. The molecule has 1 saturated heterocycles. The third-order valence-corrected chi connectivity index (χ3v) is 3.94. The lowest BCUT2D eigenvalue weighted by Gasteiger charge is -2.30. The molecule has 3 heteroatoms. The van der Waals surface area contributed by atoms with E-state index in [2.05, 4.69) is 29.3 Å². The third kappa shape index (κ3) is 3.39. The molecule has 1 aromatic carbocycles. The average molecular weight is 247 g/mol. The van der Waals surface area contributed by atoms with Crippen LogP contribution in [0.5, 0.6) is 0 Å². The number of nitrogen functional groups attached to an aromatic ring is 1. The zero-order valence-corrected chi connectivity index (χ0v) is 11.6. The molecule has 1 fully saturated rings. The van der Waals surface area contributed by atoms with Crippen LogP contribution >= 0.6 is 0 Å². The van der Waals surface area contributed by atoms with Gasteiger partial charge in [-0.2, -0.15) is 0 Å². The van der Waals surface area contributed by atoms with Crippen molar-refractivity contribution in [1.82, 2.24) is 4.90 Å². The summed E-state index contributed by atoms with van der Waals surface area (Å²) in [5.41, 5.74) is 9.14. The van der Waals surface area contributed by atoms with Crippen molar-refractivity contribution in [1.29, 1.82) is 0 Å². The van der Waals surface area contributed by atoms with E-state index < -0.39 is 0 Å². The number of piperidine rings is 1. The number of rotatable bonds is 4. The van der Waals surface area contributed by atoms with Gasteiger partial charge in [0, 0.05) is 13.1 Å². The fourth-order valence-corrected chi connectivity index (χ4v) is 2.47. The predicted octanol–water partition coefficient (Wildman–Crippen LogP) is 2.72. The first-order chi connectivity index (χ1) is 8.66. The molecule has 0 amide bonds. The van der Waals surface area contributed by atoms with Crippen molar-refractivity contribution < 1.29 is 0 Å². The number of hydrogen-bond donors (Lipinski definition) is 2. The van der Waals surface area contributed by atoms with E-state index in [1.165, 1.54) is 25.9 Å². The van der Waals surface area contributed by atoms with Crippen LogP contribution in [0.2, 0.25) is 0 Å². The number of nitrogens with two attached hydrogens (primary N) is 1. The van der Waals surface area contributed by atoms with Crippen LogP contribution in [0.1, 0.15) is 25.3 Å². The zero-order chi connectivity index (χ0) is 13.0. The van der Waals surface area contributed by atoms with Crippen molar-refractivity contribution in [3.63, 3.8) is 0 Å². The van der Waals surface area contributed by atoms with Gasteiger partial charge in [0.15, 0.2) is 0 Å². The molecule has 1 aromatic rings. The lowest BCUT2D eigenvalue weighted by atomic mass is 9.99. The number of para-hydroxylation sites is 1. The van der Waals surface area contributed by atoms with E-state index in [1.807, 2.05) is 13.0 Å². The van der Waals surface area contributed by atoms with E-state index in [0.29, 0.717) is 0 Å². The van der Waals surface area contributed by atoms with E-state index in [9.17, 15) is 0 Å². The number of nitrogens with zero attached hydrogens (tertiary/aromatic N) is 1. The number of benzene rings is 1. The molecule has 0 aliphatic carbocycles.